The Morgan fingerprint density at radius 3 is 2.77 bits per heavy atom. The number of benzene rings is 1. The van der Waals surface area contributed by atoms with Gasteiger partial charge in [-0.1, -0.05) is 6.07 Å². The minimum absolute atomic E-state index is 0.00776. The van der Waals surface area contributed by atoms with Crippen molar-refractivity contribution >= 4 is 23.2 Å². The third-order valence-electron chi connectivity index (χ3n) is 4.58. The summed E-state index contributed by atoms with van der Waals surface area (Å²) in [4.78, 5) is 20.9. The molecule has 3 rings (SSSR count). The second-order valence-corrected chi connectivity index (χ2v) is 7.34. The maximum Gasteiger partial charge on any atom is 0.270 e. The van der Waals surface area contributed by atoms with E-state index in [9.17, 15) is 15.2 Å². The fraction of sp³-hybridized carbons (Fsp3) is 0.389. The predicted molar refractivity (Wildman–Crippen MR) is 103 cm³/mol. The largest absolute Gasteiger partial charge is 0.507 e. The average Bonchev–Trinajstić information content (AvgIpc) is 3.15. The SMILES string of the molecule is CN1CCN([C@@H](CN=Cc2cc([N+](=O)[O-])ccc2O)c2cccs2)CC1. The number of aromatic hydroxyl groups is 1. The van der Waals surface area contributed by atoms with Gasteiger partial charge in [0.05, 0.1) is 17.5 Å². The number of aliphatic imine (C=N–C) groups is 1. The number of hydrogen-bond donors (Lipinski definition) is 1. The summed E-state index contributed by atoms with van der Waals surface area (Å²) in [6.45, 7) is 4.56. The van der Waals surface area contributed by atoms with E-state index in [0.29, 0.717) is 12.1 Å². The standard InChI is InChI=1S/C18H22N4O3S/c1-20-6-8-21(9-7-20)16(18-3-2-10-26-18)13-19-12-14-11-15(22(24)25)4-5-17(14)23/h2-5,10-12,16,23H,6-9,13H2,1H3/t16-/m0/s1. The van der Waals surface area contributed by atoms with Gasteiger partial charge in [0.25, 0.3) is 5.69 Å². The van der Waals surface area contributed by atoms with Gasteiger partial charge in [-0.25, -0.2) is 0 Å². The Labute approximate surface area is 156 Å². The molecule has 1 aliphatic heterocycles. The van der Waals surface area contributed by atoms with Crippen molar-refractivity contribution in [1.82, 2.24) is 9.80 Å². The predicted octanol–water partition coefficient (Wildman–Crippen LogP) is 2.77. The molecule has 0 unspecified atom stereocenters. The molecule has 26 heavy (non-hydrogen) atoms. The number of nitrogens with zero attached hydrogens (tertiary/aromatic N) is 4. The molecule has 1 aliphatic rings. The lowest BCUT2D eigenvalue weighted by Crippen LogP contribution is -2.46. The van der Waals surface area contributed by atoms with Gasteiger partial charge in [0.2, 0.25) is 0 Å². The van der Waals surface area contributed by atoms with E-state index in [1.807, 2.05) is 6.07 Å². The van der Waals surface area contributed by atoms with E-state index in [1.165, 1.54) is 29.3 Å². The van der Waals surface area contributed by atoms with Gasteiger partial charge in [0, 0.05) is 55.0 Å². The highest BCUT2D eigenvalue weighted by Crippen LogP contribution is 2.27. The van der Waals surface area contributed by atoms with E-state index in [1.54, 1.807) is 11.3 Å². The highest BCUT2D eigenvalue weighted by molar-refractivity contribution is 7.10. The maximum absolute atomic E-state index is 10.9. The lowest BCUT2D eigenvalue weighted by Gasteiger charge is -2.37. The van der Waals surface area contributed by atoms with Crippen LogP contribution in [0.1, 0.15) is 16.5 Å². The molecule has 7 nitrogen and oxygen atoms in total. The molecule has 1 N–H and O–H groups in total. The Hall–Kier alpha value is -2.29. The number of thiophene rings is 1. The summed E-state index contributed by atoms with van der Waals surface area (Å²) < 4.78 is 0. The summed E-state index contributed by atoms with van der Waals surface area (Å²) in [5, 5.41) is 22.9. The van der Waals surface area contributed by atoms with E-state index < -0.39 is 4.92 Å². The Balaban J connectivity index is 1.75. The Kier molecular flexibility index (Phi) is 5.97. The van der Waals surface area contributed by atoms with Crippen LogP contribution in [0.2, 0.25) is 0 Å². The van der Waals surface area contributed by atoms with Gasteiger partial charge in [0.15, 0.2) is 0 Å². The van der Waals surface area contributed by atoms with Gasteiger partial charge in [-0.05, 0) is 24.6 Å². The highest BCUT2D eigenvalue weighted by atomic mass is 32.1. The van der Waals surface area contributed by atoms with E-state index in [0.717, 1.165) is 26.2 Å². The van der Waals surface area contributed by atoms with Crippen molar-refractivity contribution in [2.45, 2.75) is 6.04 Å². The van der Waals surface area contributed by atoms with E-state index in [4.69, 9.17) is 0 Å². The zero-order valence-electron chi connectivity index (χ0n) is 14.6. The fourth-order valence-corrected chi connectivity index (χ4v) is 3.86. The molecule has 1 aromatic carbocycles. The zero-order valence-corrected chi connectivity index (χ0v) is 15.4. The third-order valence-corrected chi connectivity index (χ3v) is 5.55. The fourth-order valence-electron chi connectivity index (χ4n) is 3.01. The molecule has 2 heterocycles. The van der Waals surface area contributed by atoms with Crippen molar-refractivity contribution in [2.75, 3.05) is 39.8 Å². The normalized spacial score (nSPS) is 17.6. The molecular formula is C18H22N4O3S. The van der Waals surface area contributed by atoms with Crippen molar-refractivity contribution in [3.63, 3.8) is 0 Å². The second kappa shape index (κ2) is 8.39. The van der Waals surface area contributed by atoms with Crippen molar-refractivity contribution in [3.05, 3.63) is 56.3 Å². The number of non-ortho nitro benzene ring substituents is 1. The summed E-state index contributed by atoms with van der Waals surface area (Å²) in [7, 11) is 2.13. The lowest BCUT2D eigenvalue weighted by molar-refractivity contribution is -0.384. The number of hydrogen-bond acceptors (Lipinski definition) is 7. The molecule has 0 amide bonds. The number of rotatable bonds is 6. The van der Waals surface area contributed by atoms with Crippen LogP contribution >= 0.6 is 11.3 Å². The van der Waals surface area contributed by atoms with E-state index in [-0.39, 0.29) is 17.5 Å². The smallest absolute Gasteiger partial charge is 0.270 e. The van der Waals surface area contributed by atoms with Gasteiger partial charge in [-0.2, -0.15) is 0 Å². The highest BCUT2D eigenvalue weighted by Gasteiger charge is 2.24. The maximum atomic E-state index is 10.9. The van der Waals surface area contributed by atoms with Crippen LogP contribution < -0.4 is 0 Å². The molecule has 0 aliphatic carbocycles. The van der Waals surface area contributed by atoms with Crippen LogP contribution in [0.3, 0.4) is 0 Å². The molecule has 0 bridgehead atoms. The molecule has 1 fully saturated rings. The number of nitro benzene ring substituents is 1. The molecule has 1 aromatic heterocycles. The zero-order chi connectivity index (χ0) is 18.5. The Bertz CT molecular complexity index is 771. The first-order valence-electron chi connectivity index (χ1n) is 8.48. The number of nitro groups is 1. The summed E-state index contributed by atoms with van der Waals surface area (Å²) in [5.74, 6) is -0.00776. The van der Waals surface area contributed by atoms with Gasteiger partial charge < -0.3 is 10.0 Å². The topological polar surface area (TPSA) is 82.2 Å². The van der Waals surface area contributed by atoms with Gasteiger partial charge in [0.1, 0.15) is 5.75 Å². The Morgan fingerprint density at radius 1 is 1.35 bits per heavy atom. The minimum Gasteiger partial charge on any atom is -0.507 e. The first-order chi connectivity index (χ1) is 12.5. The molecular weight excluding hydrogens is 352 g/mol. The molecule has 8 heteroatoms. The van der Waals surface area contributed by atoms with Gasteiger partial charge in [-0.3, -0.25) is 20.0 Å². The molecule has 0 radical (unpaired) electrons. The quantitative estimate of drug-likeness (QED) is 0.478. The van der Waals surface area contributed by atoms with Crippen LogP contribution in [-0.4, -0.2) is 65.8 Å². The molecule has 0 spiro atoms. The van der Waals surface area contributed by atoms with Crippen LogP contribution in [0.25, 0.3) is 0 Å². The number of piperazine rings is 1. The number of likely N-dealkylation sites (N-methyl/N-ethyl adjacent to an activating group) is 1. The lowest BCUT2D eigenvalue weighted by atomic mass is 10.1. The number of phenolic OH excluding ortho intramolecular Hbond substituents is 1. The summed E-state index contributed by atoms with van der Waals surface area (Å²) in [6.07, 6.45) is 1.53. The Morgan fingerprint density at radius 2 is 2.12 bits per heavy atom. The van der Waals surface area contributed by atoms with Crippen LogP contribution in [-0.2, 0) is 0 Å². The first-order valence-corrected chi connectivity index (χ1v) is 9.36. The molecule has 1 atom stereocenters. The van der Waals surface area contributed by atoms with Crippen molar-refractivity contribution in [2.24, 2.45) is 4.99 Å². The van der Waals surface area contributed by atoms with Crippen LogP contribution in [0, 0.1) is 10.1 Å². The van der Waals surface area contributed by atoms with Crippen LogP contribution in [0.15, 0.2) is 40.7 Å². The van der Waals surface area contributed by atoms with E-state index >= 15 is 0 Å². The minimum atomic E-state index is -0.477. The van der Waals surface area contributed by atoms with Crippen LogP contribution in [0.5, 0.6) is 5.75 Å². The average molecular weight is 374 g/mol. The summed E-state index contributed by atoms with van der Waals surface area (Å²) >= 11 is 1.71. The molecule has 138 valence electrons. The van der Waals surface area contributed by atoms with Crippen molar-refractivity contribution in [1.29, 1.82) is 0 Å². The molecule has 2 aromatic rings. The molecule has 0 saturated carbocycles. The van der Waals surface area contributed by atoms with Gasteiger partial charge >= 0.3 is 0 Å². The van der Waals surface area contributed by atoms with Crippen molar-refractivity contribution < 1.29 is 10.0 Å². The van der Waals surface area contributed by atoms with E-state index in [2.05, 4.69) is 33.3 Å². The first kappa shape index (κ1) is 18.5. The summed E-state index contributed by atoms with van der Waals surface area (Å²) in [6, 6.07) is 8.30. The summed E-state index contributed by atoms with van der Waals surface area (Å²) in [5.41, 5.74) is 0.306. The molecule has 1 saturated heterocycles. The van der Waals surface area contributed by atoms with Crippen molar-refractivity contribution in [3.8, 4) is 5.75 Å². The number of phenols is 1. The monoisotopic (exact) mass is 374 g/mol. The second-order valence-electron chi connectivity index (χ2n) is 6.36. The van der Waals surface area contributed by atoms with Crippen LogP contribution in [0.4, 0.5) is 5.69 Å². The third kappa shape index (κ3) is 4.46. The van der Waals surface area contributed by atoms with Gasteiger partial charge in [-0.15, -0.1) is 11.3 Å².